The number of nitrogens with one attached hydrogen (secondary N) is 1. The normalized spacial score (nSPS) is 16.9. The summed E-state index contributed by atoms with van der Waals surface area (Å²) in [4.78, 5) is 28.1. The van der Waals surface area contributed by atoms with Crippen molar-refractivity contribution in [3.05, 3.63) is 0 Å². The minimum Gasteiger partial charge on any atom is -0.355 e. The zero-order valence-electron chi connectivity index (χ0n) is 11.4. The summed E-state index contributed by atoms with van der Waals surface area (Å²) < 4.78 is 0. The molecule has 0 radical (unpaired) electrons. The first-order valence-corrected chi connectivity index (χ1v) is 6.45. The molecule has 0 aromatic rings. The van der Waals surface area contributed by atoms with E-state index in [0.29, 0.717) is 13.0 Å². The maximum Gasteiger partial charge on any atom is 0.221 e. The summed E-state index contributed by atoms with van der Waals surface area (Å²) in [5, 5.41) is 2.90. The van der Waals surface area contributed by atoms with Crippen LogP contribution in [0.4, 0.5) is 0 Å². The van der Waals surface area contributed by atoms with Crippen LogP contribution in [-0.4, -0.2) is 86.9 Å². The van der Waals surface area contributed by atoms with Crippen LogP contribution in [0.3, 0.4) is 0 Å². The Bertz CT molecular complexity index is 263. The molecule has 0 bridgehead atoms. The van der Waals surface area contributed by atoms with E-state index in [2.05, 4.69) is 10.2 Å². The topological polar surface area (TPSA) is 55.9 Å². The molecule has 0 aromatic heterocycles. The molecule has 1 rings (SSSR count). The predicted molar refractivity (Wildman–Crippen MR) is 70.3 cm³/mol. The van der Waals surface area contributed by atoms with E-state index in [1.54, 1.807) is 4.90 Å². The highest BCUT2D eigenvalue weighted by Crippen LogP contribution is 2.00. The molecule has 1 fully saturated rings. The second-order valence-electron chi connectivity index (χ2n) is 4.89. The van der Waals surface area contributed by atoms with Crippen molar-refractivity contribution in [2.24, 2.45) is 0 Å². The molecule has 1 saturated heterocycles. The van der Waals surface area contributed by atoms with Crippen molar-refractivity contribution in [1.29, 1.82) is 0 Å². The second-order valence-corrected chi connectivity index (χ2v) is 4.89. The lowest BCUT2D eigenvalue weighted by Crippen LogP contribution is -2.46. The Morgan fingerprint density at radius 2 is 1.94 bits per heavy atom. The molecule has 0 saturated carbocycles. The average molecular weight is 256 g/mol. The molecule has 1 aliphatic rings. The van der Waals surface area contributed by atoms with Gasteiger partial charge in [0.1, 0.15) is 0 Å². The van der Waals surface area contributed by atoms with E-state index in [9.17, 15) is 9.59 Å². The van der Waals surface area contributed by atoms with E-state index >= 15 is 0 Å². The minimum atomic E-state index is 0.106. The molecule has 2 amide bonds. The highest BCUT2D eigenvalue weighted by atomic mass is 16.1. The van der Waals surface area contributed by atoms with E-state index in [0.717, 1.165) is 45.7 Å². The summed E-state index contributed by atoms with van der Waals surface area (Å²) in [6, 6.07) is 0. The minimum absolute atomic E-state index is 0.106. The van der Waals surface area contributed by atoms with Gasteiger partial charge >= 0.3 is 0 Å². The maximum atomic E-state index is 11.6. The lowest BCUT2D eigenvalue weighted by molar-refractivity contribution is -0.122. The third-order valence-electron chi connectivity index (χ3n) is 3.09. The standard InChI is InChI=1S/C12H24N4O2/c1-14(2)6-4-13-12(18)3-5-15-7-9-16(11-17)10-8-15/h11H,3-10H2,1-2H3,(H,13,18). The fourth-order valence-corrected chi connectivity index (χ4v) is 1.86. The van der Waals surface area contributed by atoms with Gasteiger partial charge in [0, 0.05) is 52.2 Å². The Morgan fingerprint density at radius 1 is 1.28 bits per heavy atom. The molecule has 6 heteroatoms. The number of amides is 2. The highest BCUT2D eigenvalue weighted by Gasteiger charge is 2.15. The number of hydrogen-bond donors (Lipinski definition) is 1. The second kappa shape index (κ2) is 8.05. The van der Waals surface area contributed by atoms with Crippen molar-refractivity contribution in [2.75, 3.05) is 59.9 Å². The monoisotopic (exact) mass is 256 g/mol. The van der Waals surface area contributed by atoms with Crippen LogP contribution in [0.15, 0.2) is 0 Å². The van der Waals surface area contributed by atoms with Crippen LogP contribution in [0.5, 0.6) is 0 Å². The van der Waals surface area contributed by atoms with Gasteiger partial charge in [-0.05, 0) is 14.1 Å². The van der Waals surface area contributed by atoms with Crippen LogP contribution < -0.4 is 5.32 Å². The van der Waals surface area contributed by atoms with E-state index in [4.69, 9.17) is 0 Å². The number of likely N-dealkylation sites (N-methyl/N-ethyl adjacent to an activating group) is 1. The average Bonchev–Trinajstić information content (AvgIpc) is 2.36. The van der Waals surface area contributed by atoms with Crippen LogP contribution in [0.1, 0.15) is 6.42 Å². The molecular formula is C12H24N4O2. The van der Waals surface area contributed by atoms with Crippen molar-refractivity contribution >= 4 is 12.3 Å². The Kier molecular flexibility index (Phi) is 6.67. The van der Waals surface area contributed by atoms with Gasteiger partial charge in [-0.1, -0.05) is 0 Å². The van der Waals surface area contributed by atoms with Crippen LogP contribution in [0, 0.1) is 0 Å². The Hall–Kier alpha value is -1.14. The molecule has 0 spiro atoms. The highest BCUT2D eigenvalue weighted by molar-refractivity contribution is 5.76. The molecule has 0 aromatic carbocycles. The Morgan fingerprint density at radius 3 is 2.50 bits per heavy atom. The van der Waals surface area contributed by atoms with Crippen molar-refractivity contribution < 1.29 is 9.59 Å². The number of piperazine rings is 1. The quantitative estimate of drug-likeness (QED) is 0.583. The SMILES string of the molecule is CN(C)CCNC(=O)CCN1CCN(C=O)CC1. The van der Waals surface area contributed by atoms with Gasteiger partial charge in [0.15, 0.2) is 0 Å². The summed E-state index contributed by atoms with van der Waals surface area (Å²) in [5.41, 5.74) is 0. The largest absolute Gasteiger partial charge is 0.355 e. The van der Waals surface area contributed by atoms with Crippen LogP contribution in [0.25, 0.3) is 0 Å². The molecule has 104 valence electrons. The van der Waals surface area contributed by atoms with Crippen molar-refractivity contribution in [3.8, 4) is 0 Å². The molecule has 0 aliphatic carbocycles. The van der Waals surface area contributed by atoms with Gasteiger partial charge in [0.25, 0.3) is 0 Å². The van der Waals surface area contributed by atoms with E-state index < -0.39 is 0 Å². The Labute approximate surface area is 109 Å². The van der Waals surface area contributed by atoms with E-state index in [1.807, 2.05) is 19.0 Å². The molecular weight excluding hydrogens is 232 g/mol. The zero-order valence-corrected chi connectivity index (χ0v) is 11.4. The number of nitrogens with zero attached hydrogens (tertiary/aromatic N) is 3. The van der Waals surface area contributed by atoms with Gasteiger partial charge < -0.3 is 15.1 Å². The molecule has 1 N–H and O–H groups in total. The summed E-state index contributed by atoms with van der Waals surface area (Å²) >= 11 is 0. The first-order valence-electron chi connectivity index (χ1n) is 6.45. The summed E-state index contributed by atoms with van der Waals surface area (Å²) in [5.74, 6) is 0.106. The van der Waals surface area contributed by atoms with Crippen LogP contribution >= 0.6 is 0 Å². The third-order valence-corrected chi connectivity index (χ3v) is 3.09. The number of hydrogen-bond acceptors (Lipinski definition) is 4. The summed E-state index contributed by atoms with van der Waals surface area (Å²) in [6.07, 6.45) is 1.43. The first kappa shape index (κ1) is 14.9. The van der Waals surface area contributed by atoms with Gasteiger partial charge in [0.05, 0.1) is 0 Å². The van der Waals surface area contributed by atoms with Crippen molar-refractivity contribution in [2.45, 2.75) is 6.42 Å². The molecule has 18 heavy (non-hydrogen) atoms. The van der Waals surface area contributed by atoms with Crippen molar-refractivity contribution in [1.82, 2.24) is 20.0 Å². The van der Waals surface area contributed by atoms with E-state index in [-0.39, 0.29) is 5.91 Å². The fraction of sp³-hybridized carbons (Fsp3) is 0.833. The van der Waals surface area contributed by atoms with Gasteiger partial charge in [-0.25, -0.2) is 0 Å². The maximum absolute atomic E-state index is 11.6. The third kappa shape index (κ3) is 5.97. The van der Waals surface area contributed by atoms with Crippen LogP contribution in [-0.2, 0) is 9.59 Å². The lowest BCUT2D eigenvalue weighted by atomic mass is 10.3. The van der Waals surface area contributed by atoms with Gasteiger partial charge in [-0.3, -0.25) is 14.5 Å². The van der Waals surface area contributed by atoms with E-state index in [1.165, 1.54) is 0 Å². The van der Waals surface area contributed by atoms with Gasteiger partial charge in [-0.15, -0.1) is 0 Å². The number of carbonyl (C=O) groups excluding carboxylic acids is 2. The first-order chi connectivity index (χ1) is 8.61. The summed E-state index contributed by atoms with van der Waals surface area (Å²) in [6.45, 7) is 5.61. The molecule has 1 heterocycles. The fourth-order valence-electron chi connectivity index (χ4n) is 1.86. The van der Waals surface area contributed by atoms with Gasteiger partial charge in [-0.2, -0.15) is 0 Å². The number of rotatable bonds is 7. The smallest absolute Gasteiger partial charge is 0.221 e. The zero-order chi connectivity index (χ0) is 13.4. The molecule has 6 nitrogen and oxygen atoms in total. The van der Waals surface area contributed by atoms with Crippen molar-refractivity contribution in [3.63, 3.8) is 0 Å². The molecule has 0 unspecified atom stereocenters. The molecule has 1 aliphatic heterocycles. The lowest BCUT2D eigenvalue weighted by Gasteiger charge is -2.32. The predicted octanol–water partition coefficient (Wildman–Crippen LogP) is -1.17. The summed E-state index contributed by atoms with van der Waals surface area (Å²) in [7, 11) is 3.97. The Balaban J connectivity index is 2.06. The van der Waals surface area contributed by atoms with Crippen LogP contribution in [0.2, 0.25) is 0 Å². The number of carbonyl (C=O) groups is 2. The van der Waals surface area contributed by atoms with Gasteiger partial charge in [0.2, 0.25) is 12.3 Å². The molecule has 0 atom stereocenters.